The average molecular weight is 582 g/mol. The molecule has 0 atom stereocenters. The van der Waals surface area contributed by atoms with Gasteiger partial charge in [-0.3, -0.25) is 4.79 Å². The third kappa shape index (κ3) is 5.76. The Labute approximate surface area is 225 Å². The van der Waals surface area contributed by atoms with E-state index in [2.05, 4.69) is 12.2 Å². The number of carbonyl (C=O) groups excluding carboxylic acids is 2. The summed E-state index contributed by atoms with van der Waals surface area (Å²) in [5.41, 5.74) is 2.92. The largest absolute Gasteiger partial charge is 0.481 e. The van der Waals surface area contributed by atoms with Gasteiger partial charge in [0, 0.05) is 10.9 Å². The number of ether oxygens (including phenoxy) is 2. The summed E-state index contributed by atoms with van der Waals surface area (Å²) in [4.78, 5) is 25.4. The number of anilines is 1. The molecule has 0 fully saturated rings. The van der Waals surface area contributed by atoms with Crippen molar-refractivity contribution in [2.45, 2.75) is 20.3 Å². The summed E-state index contributed by atoms with van der Waals surface area (Å²) >= 11 is 31.5. The van der Waals surface area contributed by atoms with Gasteiger partial charge in [0.2, 0.25) is 0 Å². The molecular weight excluding hydrogens is 564 g/mol. The quantitative estimate of drug-likeness (QED) is 0.165. The number of amides is 1. The van der Waals surface area contributed by atoms with E-state index in [1.165, 1.54) is 16.9 Å². The van der Waals surface area contributed by atoms with Crippen LogP contribution >= 0.6 is 69.3 Å². The van der Waals surface area contributed by atoms with Crippen LogP contribution in [0.5, 0.6) is 5.75 Å². The molecule has 0 aliphatic heterocycles. The molecule has 3 rings (SSSR count). The van der Waals surface area contributed by atoms with E-state index in [-0.39, 0.29) is 43.0 Å². The number of aryl methyl sites for hydroxylation is 1. The van der Waals surface area contributed by atoms with E-state index in [1.54, 1.807) is 12.3 Å². The van der Waals surface area contributed by atoms with Crippen molar-refractivity contribution < 1.29 is 19.1 Å². The SMILES string of the molecule is CCOC(=O)c1c(-c2ccc(CC)cc2)csc1NC(=O)COc1c(Cl)c(Cl)c(Cl)c(Cl)c1Cl. The van der Waals surface area contributed by atoms with Crippen LogP contribution < -0.4 is 10.1 Å². The molecule has 5 nitrogen and oxygen atoms in total. The molecule has 0 aliphatic carbocycles. The molecule has 0 bridgehead atoms. The molecule has 1 N–H and O–H groups in total. The molecule has 180 valence electrons. The molecule has 0 unspecified atom stereocenters. The number of benzene rings is 2. The number of carbonyl (C=O) groups is 2. The summed E-state index contributed by atoms with van der Waals surface area (Å²) in [6.45, 7) is 3.48. The predicted molar refractivity (Wildman–Crippen MR) is 141 cm³/mol. The molecular formula is C23H18Cl5NO4S. The van der Waals surface area contributed by atoms with E-state index < -0.39 is 18.5 Å². The number of nitrogens with one attached hydrogen (secondary N) is 1. The molecule has 1 heterocycles. The molecule has 34 heavy (non-hydrogen) atoms. The maximum atomic E-state index is 12.7. The van der Waals surface area contributed by atoms with E-state index in [1.807, 2.05) is 24.3 Å². The Bertz CT molecular complexity index is 1200. The maximum absolute atomic E-state index is 12.7. The minimum Gasteiger partial charge on any atom is -0.481 e. The topological polar surface area (TPSA) is 64.6 Å². The summed E-state index contributed by atoms with van der Waals surface area (Å²) in [6, 6.07) is 7.83. The Balaban J connectivity index is 1.84. The van der Waals surface area contributed by atoms with E-state index in [0.717, 1.165) is 12.0 Å². The van der Waals surface area contributed by atoms with Crippen LogP contribution in [0, 0.1) is 0 Å². The predicted octanol–water partition coefficient (Wildman–Crippen LogP) is 8.44. The minimum absolute atomic E-state index is 0.0210. The Morgan fingerprint density at radius 3 is 2.06 bits per heavy atom. The third-order valence-corrected chi connectivity index (χ3v) is 7.85. The van der Waals surface area contributed by atoms with E-state index >= 15 is 0 Å². The molecule has 0 saturated carbocycles. The van der Waals surface area contributed by atoms with Crippen molar-refractivity contribution in [1.82, 2.24) is 0 Å². The van der Waals surface area contributed by atoms with Gasteiger partial charge in [0.15, 0.2) is 12.4 Å². The highest BCUT2D eigenvalue weighted by atomic mass is 35.5. The normalized spacial score (nSPS) is 10.8. The van der Waals surface area contributed by atoms with E-state index in [9.17, 15) is 9.59 Å². The van der Waals surface area contributed by atoms with Crippen LogP contribution in [0.15, 0.2) is 29.6 Å². The summed E-state index contributed by atoms with van der Waals surface area (Å²) in [6.07, 6.45) is 0.897. The fourth-order valence-corrected chi connectivity index (χ4v) is 5.20. The first-order valence-corrected chi connectivity index (χ1v) is 12.8. The third-order valence-electron chi connectivity index (χ3n) is 4.71. The van der Waals surface area contributed by atoms with Gasteiger partial charge in [0.05, 0.1) is 21.7 Å². The van der Waals surface area contributed by atoms with Crippen LogP contribution in [0.3, 0.4) is 0 Å². The zero-order chi connectivity index (χ0) is 25.0. The Kier molecular flexibility index (Phi) is 9.38. The van der Waals surface area contributed by atoms with Crippen LogP contribution in [0.1, 0.15) is 29.8 Å². The van der Waals surface area contributed by atoms with Crippen LogP contribution in [-0.2, 0) is 16.0 Å². The van der Waals surface area contributed by atoms with Crippen molar-refractivity contribution in [2.75, 3.05) is 18.5 Å². The first kappa shape index (κ1) is 26.9. The van der Waals surface area contributed by atoms with Gasteiger partial charge in [-0.15, -0.1) is 11.3 Å². The fraction of sp³-hybridized carbons (Fsp3) is 0.217. The van der Waals surface area contributed by atoms with Gasteiger partial charge in [-0.05, 0) is 24.5 Å². The first-order chi connectivity index (χ1) is 16.2. The Hall–Kier alpha value is -1.67. The molecule has 11 heteroatoms. The summed E-state index contributed by atoms with van der Waals surface area (Å²) in [7, 11) is 0. The monoisotopic (exact) mass is 579 g/mol. The van der Waals surface area contributed by atoms with E-state index in [0.29, 0.717) is 10.6 Å². The van der Waals surface area contributed by atoms with Crippen molar-refractivity contribution in [1.29, 1.82) is 0 Å². The molecule has 2 aromatic carbocycles. The van der Waals surface area contributed by atoms with Crippen molar-refractivity contribution in [2.24, 2.45) is 0 Å². The van der Waals surface area contributed by atoms with Crippen LogP contribution in [0.4, 0.5) is 5.00 Å². The Morgan fingerprint density at radius 1 is 0.912 bits per heavy atom. The lowest BCUT2D eigenvalue weighted by Gasteiger charge is -2.14. The highest BCUT2D eigenvalue weighted by Gasteiger charge is 2.24. The van der Waals surface area contributed by atoms with Crippen LogP contribution in [0.25, 0.3) is 11.1 Å². The second-order valence-corrected chi connectivity index (χ2v) is 9.63. The molecule has 3 aromatic rings. The van der Waals surface area contributed by atoms with Crippen LogP contribution in [0.2, 0.25) is 25.1 Å². The smallest absolute Gasteiger partial charge is 0.341 e. The zero-order valence-corrected chi connectivity index (χ0v) is 22.5. The zero-order valence-electron chi connectivity index (χ0n) is 17.9. The van der Waals surface area contributed by atoms with Gasteiger partial charge < -0.3 is 14.8 Å². The van der Waals surface area contributed by atoms with Crippen molar-refractivity contribution >= 4 is 86.2 Å². The number of rotatable bonds is 8. The van der Waals surface area contributed by atoms with Gasteiger partial charge in [-0.25, -0.2) is 4.79 Å². The second kappa shape index (κ2) is 11.8. The summed E-state index contributed by atoms with van der Waals surface area (Å²) in [5, 5.41) is 4.54. The number of halogens is 5. The molecule has 0 saturated heterocycles. The van der Waals surface area contributed by atoms with Crippen molar-refractivity contribution in [3.05, 3.63) is 65.9 Å². The highest BCUT2D eigenvalue weighted by molar-refractivity contribution is 7.15. The summed E-state index contributed by atoms with van der Waals surface area (Å²) < 4.78 is 10.7. The average Bonchev–Trinajstić information content (AvgIpc) is 3.25. The summed E-state index contributed by atoms with van der Waals surface area (Å²) in [5.74, 6) is -1.18. The lowest BCUT2D eigenvalue weighted by molar-refractivity contribution is -0.118. The van der Waals surface area contributed by atoms with Crippen molar-refractivity contribution in [3.8, 4) is 16.9 Å². The number of esters is 1. The lowest BCUT2D eigenvalue weighted by atomic mass is 10.0. The van der Waals surface area contributed by atoms with E-state index in [4.69, 9.17) is 67.5 Å². The lowest BCUT2D eigenvalue weighted by Crippen LogP contribution is -2.21. The number of hydrogen-bond donors (Lipinski definition) is 1. The molecule has 1 aromatic heterocycles. The Morgan fingerprint density at radius 2 is 1.50 bits per heavy atom. The highest BCUT2D eigenvalue weighted by Crippen LogP contribution is 2.48. The molecule has 1 amide bonds. The first-order valence-electron chi connectivity index (χ1n) is 10.0. The molecule has 0 aliphatic rings. The fourth-order valence-electron chi connectivity index (χ4n) is 3.00. The number of hydrogen-bond acceptors (Lipinski definition) is 5. The van der Waals surface area contributed by atoms with Gasteiger partial charge >= 0.3 is 5.97 Å². The molecule has 0 radical (unpaired) electrons. The second-order valence-electron chi connectivity index (χ2n) is 6.86. The minimum atomic E-state index is -0.561. The van der Waals surface area contributed by atoms with Gasteiger partial charge in [-0.1, -0.05) is 89.2 Å². The number of thiophene rings is 1. The van der Waals surface area contributed by atoms with Crippen LogP contribution in [-0.4, -0.2) is 25.1 Å². The standard InChI is InChI=1S/C23H18Cl5NO4S/c1-3-11-5-7-12(8-6-11)13-10-34-22(15(13)23(31)32-4-2)29-14(30)9-33-21-19(27)17(25)16(24)18(26)20(21)28/h5-8,10H,3-4,9H2,1-2H3,(H,29,30). The molecule has 0 spiro atoms. The van der Waals surface area contributed by atoms with Gasteiger partial charge in [-0.2, -0.15) is 0 Å². The van der Waals surface area contributed by atoms with Gasteiger partial charge in [0.25, 0.3) is 5.91 Å². The van der Waals surface area contributed by atoms with Gasteiger partial charge in [0.1, 0.15) is 20.6 Å². The maximum Gasteiger partial charge on any atom is 0.341 e. The van der Waals surface area contributed by atoms with Crippen molar-refractivity contribution in [3.63, 3.8) is 0 Å².